The number of benzene rings is 2. The predicted molar refractivity (Wildman–Crippen MR) is 94.3 cm³/mol. The van der Waals surface area contributed by atoms with Gasteiger partial charge in [-0.1, -0.05) is 18.2 Å². The van der Waals surface area contributed by atoms with Crippen LogP contribution in [-0.4, -0.2) is 30.1 Å². The van der Waals surface area contributed by atoms with E-state index in [1.807, 2.05) is 0 Å². The Kier molecular flexibility index (Phi) is 5.76. The second kappa shape index (κ2) is 8.08. The van der Waals surface area contributed by atoms with Crippen LogP contribution in [0, 0.1) is 5.82 Å². The molecule has 1 fully saturated rings. The fourth-order valence-corrected chi connectivity index (χ4v) is 3.35. The number of anilines is 1. The number of piperidine rings is 1. The third kappa shape index (κ3) is 4.94. The second-order valence-electron chi connectivity index (χ2n) is 6.85. The lowest BCUT2D eigenvalue weighted by Gasteiger charge is -2.34. The SMILES string of the molecule is O=C([O-])N1CCC(Nc2ccc(F)cc2Cc2cccc(C(F)(F)F)c2)CC1. The summed E-state index contributed by atoms with van der Waals surface area (Å²) in [4.78, 5) is 12.1. The lowest BCUT2D eigenvalue weighted by atomic mass is 9.99. The van der Waals surface area contributed by atoms with Gasteiger partial charge < -0.3 is 20.1 Å². The molecule has 0 atom stereocenters. The van der Waals surface area contributed by atoms with Gasteiger partial charge in [-0.15, -0.1) is 0 Å². The maximum Gasteiger partial charge on any atom is 0.416 e. The molecule has 0 unspecified atom stereocenters. The van der Waals surface area contributed by atoms with Crippen molar-refractivity contribution in [1.29, 1.82) is 0 Å². The quantitative estimate of drug-likeness (QED) is 0.804. The van der Waals surface area contributed by atoms with Crippen molar-refractivity contribution in [2.75, 3.05) is 18.4 Å². The Balaban J connectivity index is 1.76. The largest absolute Gasteiger partial charge is 0.530 e. The molecule has 1 amide bonds. The number of amides is 1. The molecule has 0 saturated carbocycles. The molecule has 2 aromatic rings. The van der Waals surface area contributed by atoms with Crippen molar-refractivity contribution in [2.45, 2.75) is 31.5 Å². The molecule has 3 rings (SSSR count). The number of rotatable bonds is 4. The summed E-state index contributed by atoms with van der Waals surface area (Å²) in [5.41, 5.74) is 0.855. The molecule has 0 spiro atoms. The number of carbonyl (C=O) groups excluding carboxylic acids is 1. The molecule has 1 saturated heterocycles. The number of alkyl halides is 3. The number of nitrogens with one attached hydrogen (secondary N) is 1. The number of hydrogen-bond acceptors (Lipinski definition) is 3. The molecule has 1 aliphatic heterocycles. The molecular weight excluding hydrogens is 376 g/mol. The molecule has 1 heterocycles. The van der Waals surface area contributed by atoms with Crippen molar-refractivity contribution >= 4 is 11.8 Å². The molecule has 28 heavy (non-hydrogen) atoms. The van der Waals surface area contributed by atoms with Gasteiger partial charge in [0, 0.05) is 24.8 Å². The van der Waals surface area contributed by atoms with E-state index in [1.165, 1.54) is 23.1 Å². The fraction of sp³-hybridized carbons (Fsp3) is 0.350. The van der Waals surface area contributed by atoms with E-state index in [0.29, 0.717) is 42.7 Å². The summed E-state index contributed by atoms with van der Waals surface area (Å²) < 4.78 is 52.5. The zero-order valence-corrected chi connectivity index (χ0v) is 14.9. The second-order valence-corrected chi connectivity index (χ2v) is 6.85. The fourth-order valence-electron chi connectivity index (χ4n) is 3.35. The molecule has 1 aliphatic rings. The van der Waals surface area contributed by atoms with Gasteiger partial charge in [0.15, 0.2) is 0 Å². The topological polar surface area (TPSA) is 55.4 Å². The first-order chi connectivity index (χ1) is 13.2. The van der Waals surface area contributed by atoms with Gasteiger partial charge in [0.25, 0.3) is 0 Å². The highest BCUT2D eigenvalue weighted by molar-refractivity contribution is 5.62. The van der Waals surface area contributed by atoms with Gasteiger partial charge in [0.2, 0.25) is 0 Å². The Morgan fingerprint density at radius 2 is 1.86 bits per heavy atom. The third-order valence-corrected chi connectivity index (χ3v) is 4.83. The molecule has 8 heteroatoms. The van der Waals surface area contributed by atoms with Gasteiger partial charge in [0.1, 0.15) is 11.9 Å². The summed E-state index contributed by atoms with van der Waals surface area (Å²) in [6, 6.07) is 9.10. The zero-order chi connectivity index (χ0) is 20.3. The highest BCUT2D eigenvalue weighted by Crippen LogP contribution is 2.31. The molecular formula is C20H19F4N2O2-. The Labute approximate surface area is 159 Å². The van der Waals surface area contributed by atoms with Gasteiger partial charge in [-0.2, -0.15) is 13.2 Å². The van der Waals surface area contributed by atoms with E-state index in [0.717, 1.165) is 12.1 Å². The summed E-state index contributed by atoms with van der Waals surface area (Å²) >= 11 is 0. The van der Waals surface area contributed by atoms with Crippen LogP contribution in [-0.2, 0) is 12.6 Å². The molecule has 2 aromatic carbocycles. The molecule has 0 radical (unpaired) electrons. The van der Waals surface area contributed by atoms with Crippen molar-refractivity contribution < 1.29 is 27.5 Å². The van der Waals surface area contributed by atoms with Crippen LogP contribution >= 0.6 is 0 Å². The number of likely N-dealkylation sites (tertiary alicyclic amines) is 1. The lowest BCUT2D eigenvalue weighted by molar-refractivity contribution is -0.266. The molecule has 150 valence electrons. The summed E-state index contributed by atoms with van der Waals surface area (Å²) in [7, 11) is 0. The van der Waals surface area contributed by atoms with E-state index in [9.17, 15) is 27.5 Å². The molecule has 1 N–H and O–H groups in total. The van der Waals surface area contributed by atoms with Crippen molar-refractivity contribution in [1.82, 2.24) is 4.90 Å². The average molecular weight is 395 g/mol. The van der Waals surface area contributed by atoms with E-state index >= 15 is 0 Å². The van der Waals surface area contributed by atoms with Crippen LogP contribution in [0.2, 0.25) is 0 Å². The van der Waals surface area contributed by atoms with Crippen LogP contribution in [0.5, 0.6) is 0 Å². The Morgan fingerprint density at radius 3 is 2.50 bits per heavy atom. The number of hydrogen-bond donors (Lipinski definition) is 1. The normalized spacial score (nSPS) is 15.5. The van der Waals surface area contributed by atoms with Crippen LogP contribution in [0.15, 0.2) is 42.5 Å². The van der Waals surface area contributed by atoms with Crippen molar-refractivity contribution in [3.8, 4) is 0 Å². The van der Waals surface area contributed by atoms with Crippen LogP contribution < -0.4 is 10.4 Å². The van der Waals surface area contributed by atoms with Gasteiger partial charge >= 0.3 is 6.18 Å². The van der Waals surface area contributed by atoms with Gasteiger partial charge in [0.05, 0.1) is 5.56 Å². The average Bonchev–Trinajstić information content (AvgIpc) is 2.64. The smallest absolute Gasteiger partial charge is 0.416 e. The lowest BCUT2D eigenvalue weighted by Crippen LogP contribution is -2.47. The Bertz CT molecular complexity index is 846. The number of nitrogens with zero attached hydrogens (tertiary/aromatic N) is 1. The molecule has 0 aliphatic carbocycles. The number of carboxylic acid groups (broad SMARTS) is 1. The zero-order valence-electron chi connectivity index (χ0n) is 14.9. The van der Waals surface area contributed by atoms with Gasteiger partial charge in [-0.25, -0.2) is 4.39 Å². The highest BCUT2D eigenvalue weighted by Gasteiger charge is 2.30. The minimum Gasteiger partial charge on any atom is -0.530 e. The minimum atomic E-state index is -4.44. The van der Waals surface area contributed by atoms with Crippen LogP contribution in [0.3, 0.4) is 0 Å². The number of carbonyl (C=O) groups is 1. The van der Waals surface area contributed by atoms with Crippen molar-refractivity contribution in [3.63, 3.8) is 0 Å². The summed E-state index contributed by atoms with van der Waals surface area (Å²) in [6.07, 6.45) is -4.37. The maximum absolute atomic E-state index is 13.8. The summed E-state index contributed by atoms with van der Waals surface area (Å²) in [5.74, 6) is -0.473. The highest BCUT2D eigenvalue weighted by atomic mass is 19.4. The van der Waals surface area contributed by atoms with Crippen LogP contribution in [0.1, 0.15) is 29.5 Å². The third-order valence-electron chi connectivity index (χ3n) is 4.83. The van der Waals surface area contributed by atoms with Crippen molar-refractivity contribution in [3.05, 3.63) is 65.0 Å². The van der Waals surface area contributed by atoms with Crippen molar-refractivity contribution in [2.24, 2.45) is 0 Å². The van der Waals surface area contributed by atoms with Gasteiger partial charge in [-0.3, -0.25) is 0 Å². The van der Waals surface area contributed by atoms with E-state index in [4.69, 9.17) is 0 Å². The Morgan fingerprint density at radius 1 is 1.14 bits per heavy atom. The van der Waals surface area contributed by atoms with E-state index < -0.39 is 23.7 Å². The number of halogens is 4. The standard InChI is InChI=1S/C20H20F4N2O2/c21-16-4-5-18(25-17-6-8-26(9-7-17)19(27)28)14(12-16)10-13-2-1-3-15(11-13)20(22,23)24/h1-5,11-12,17,25H,6-10H2,(H,27,28)/p-1. The molecule has 4 nitrogen and oxygen atoms in total. The summed E-state index contributed by atoms with van der Waals surface area (Å²) in [6.45, 7) is 0.675. The minimum absolute atomic E-state index is 0.0127. The molecule has 0 bridgehead atoms. The monoisotopic (exact) mass is 395 g/mol. The van der Waals surface area contributed by atoms with Gasteiger partial charge in [-0.05, 0) is 54.7 Å². The first-order valence-electron chi connectivity index (χ1n) is 8.89. The van der Waals surface area contributed by atoms with Crippen LogP contribution in [0.4, 0.5) is 28.0 Å². The van der Waals surface area contributed by atoms with E-state index in [2.05, 4.69) is 5.32 Å². The maximum atomic E-state index is 13.8. The van der Waals surface area contributed by atoms with E-state index in [1.54, 1.807) is 12.1 Å². The Hall–Kier alpha value is -2.77. The first-order valence-corrected chi connectivity index (χ1v) is 8.89. The molecule has 0 aromatic heterocycles. The predicted octanol–water partition coefficient (Wildman–Crippen LogP) is 3.65. The van der Waals surface area contributed by atoms with Crippen LogP contribution in [0.25, 0.3) is 0 Å². The van der Waals surface area contributed by atoms with E-state index in [-0.39, 0.29) is 12.5 Å². The first kappa shape index (κ1) is 20.0. The summed E-state index contributed by atoms with van der Waals surface area (Å²) in [5, 5.41) is 14.2.